The standard InChI is InChI=1S/C8H14ClNO2/c1-3-12-8(11)6-7(2)10-5-4-9/h6,10H,3-5H2,1-2H3/b7-6-. The lowest BCUT2D eigenvalue weighted by Gasteiger charge is -2.02. The summed E-state index contributed by atoms with van der Waals surface area (Å²) in [6.07, 6.45) is 1.41. The Hall–Kier alpha value is -0.700. The minimum Gasteiger partial charge on any atom is -0.463 e. The van der Waals surface area contributed by atoms with E-state index in [4.69, 9.17) is 16.3 Å². The Morgan fingerprint density at radius 2 is 2.33 bits per heavy atom. The SMILES string of the molecule is CCOC(=O)/C=C(/C)NCCCl. The van der Waals surface area contributed by atoms with Gasteiger partial charge in [0.25, 0.3) is 0 Å². The van der Waals surface area contributed by atoms with E-state index in [9.17, 15) is 4.79 Å². The quantitative estimate of drug-likeness (QED) is 0.404. The zero-order valence-corrected chi connectivity index (χ0v) is 8.15. The lowest BCUT2D eigenvalue weighted by molar-refractivity contribution is -0.137. The van der Waals surface area contributed by atoms with Crippen LogP contribution < -0.4 is 5.32 Å². The number of carbonyl (C=O) groups excluding carboxylic acids is 1. The van der Waals surface area contributed by atoms with Gasteiger partial charge in [-0.15, -0.1) is 11.6 Å². The van der Waals surface area contributed by atoms with Crippen LogP contribution in [0.2, 0.25) is 0 Å². The molecule has 1 N–H and O–H groups in total. The average molecular weight is 192 g/mol. The van der Waals surface area contributed by atoms with E-state index in [-0.39, 0.29) is 5.97 Å². The van der Waals surface area contributed by atoms with E-state index in [0.29, 0.717) is 19.0 Å². The van der Waals surface area contributed by atoms with Crippen molar-refractivity contribution in [2.45, 2.75) is 13.8 Å². The fourth-order valence-corrected chi connectivity index (χ4v) is 0.751. The number of rotatable bonds is 5. The molecule has 0 fully saturated rings. The second kappa shape index (κ2) is 6.98. The molecule has 0 heterocycles. The molecule has 0 aromatic heterocycles. The highest BCUT2D eigenvalue weighted by atomic mass is 35.5. The van der Waals surface area contributed by atoms with Crippen molar-refractivity contribution >= 4 is 17.6 Å². The van der Waals surface area contributed by atoms with Crippen LogP contribution in [0.4, 0.5) is 0 Å². The maximum atomic E-state index is 10.8. The fourth-order valence-electron chi connectivity index (χ4n) is 0.656. The molecule has 0 aliphatic carbocycles. The maximum absolute atomic E-state index is 10.8. The number of alkyl halides is 1. The van der Waals surface area contributed by atoms with Crippen LogP contribution >= 0.6 is 11.6 Å². The van der Waals surface area contributed by atoms with Gasteiger partial charge in [-0.2, -0.15) is 0 Å². The highest BCUT2D eigenvalue weighted by Gasteiger charge is 1.96. The van der Waals surface area contributed by atoms with Crippen LogP contribution in [0.1, 0.15) is 13.8 Å². The van der Waals surface area contributed by atoms with Gasteiger partial charge in [0.05, 0.1) is 6.61 Å². The zero-order chi connectivity index (χ0) is 9.40. The Morgan fingerprint density at radius 3 is 2.83 bits per heavy atom. The van der Waals surface area contributed by atoms with Crippen molar-refractivity contribution in [3.63, 3.8) is 0 Å². The Balaban J connectivity index is 3.72. The van der Waals surface area contributed by atoms with Gasteiger partial charge in [0.2, 0.25) is 0 Å². The number of carbonyl (C=O) groups is 1. The molecular formula is C8H14ClNO2. The predicted molar refractivity (Wildman–Crippen MR) is 49.1 cm³/mol. The van der Waals surface area contributed by atoms with E-state index in [1.54, 1.807) is 13.8 Å². The molecule has 3 nitrogen and oxygen atoms in total. The molecule has 12 heavy (non-hydrogen) atoms. The van der Waals surface area contributed by atoms with Gasteiger partial charge in [0, 0.05) is 24.2 Å². The molecule has 0 aromatic rings. The van der Waals surface area contributed by atoms with E-state index < -0.39 is 0 Å². The number of hydrogen-bond acceptors (Lipinski definition) is 3. The Bertz CT molecular complexity index is 168. The van der Waals surface area contributed by atoms with Gasteiger partial charge < -0.3 is 10.1 Å². The first-order valence-corrected chi connectivity index (χ1v) is 4.39. The zero-order valence-electron chi connectivity index (χ0n) is 7.39. The molecule has 0 radical (unpaired) electrons. The summed E-state index contributed by atoms with van der Waals surface area (Å²) in [4.78, 5) is 10.8. The van der Waals surface area contributed by atoms with Gasteiger partial charge in [-0.3, -0.25) is 0 Å². The van der Waals surface area contributed by atoms with E-state index >= 15 is 0 Å². The number of ether oxygens (including phenoxy) is 1. The molecule has 0 aliphatic rings. The van der Waals surface area contributed by atoms with Crippen molar-refractivity contribution in [3.8, 4) is 0 Å². The molecule has 0 spiro atoms. The second-order valence-electron chi connectivity index (χ2n) is 2.20. The minimum atomic E-state index is -0.322. The fraction of sp³-hybridized carbons (Fsp3) is 0.625. The lowest BCUT2D eigenvalue weighted by atomic mass is 10.4. The van der Waals surface area contributed by atoms with Gasteiger partial charge in [-0.25, -0.2) is 4.79 Å². The molecule has 0 aromatic carbocycles. The summed E-state index contributed by atoms with van der Waals surface area (Å²) in [5.74, 6) is 0.200. The van der Waals surface area contributed by atoms with Gasteiger partial charge in [-0.1, -0.05) is 0 Å². The molecule has 0 atom stereocenters. The molecule has 0 saturated carbocycles. The molecule has 0 rings (SSSR count). The summed E-state index contributed by atoms with van der Waals surface area (Å²) < 4.78 is 4.70. The summed E-state index contributed by atoms with van der Waals surface area (Å²) in [6, 6.07) is 0. The summed E-state index contributed by atoms with van der Waals surface area (Å²) in [5, 5.41) is 2.95. The molecule has 0 unspecified atom stereocenters. The topological polar surface area (TPSA) is 38.3 Å². The van der Waals surface area contributed by atoms with Gasteiger partial charge in [0.15, 0.2) is 0 Å². The lowest BCUT2D eigenvalue weighted by Crippen LogP contribution is -2.15. The van der Waals surface area contributed by atoms with E-state index in [0.717, 1.165) is 5.70 Å². The average Bonchev–Trinajstić information content (AvgIpc) is 2.01. The molecule has 0 bridgehead atoms. The van der Waals surface area contributed by atoms with Crippen LogP contribution in [-0.2, 0) is 9.53 Å². The van der Waals surface area contributed by atoms with Crippen molar-refractivity contribution in [1.29, 1.82) is 0 Å². The third kappa shape index (κ3) is 6.04. The van der Waals surface area contributed by atoms with Crippen LogP contribution in [0, 0.1) is 0 Å². The van der Waals surface area contributed by atoms with Crippen molar-refractivity contribution in [2.75, 3.05) is 19.0 Å². The molecular weight excluding hydrogens is 178 g/mol. The van der Waals surface area contributed by atoms with Crippen molar-refractivity contribution in [2.24, 2.45) is 0 Å². The minimum absolute atomic E-state index is 0.322. The number of allylic oxidation sites excluding steroid dienone is 1. The van der Waals surface area contributed by atoms with E-state index in [2.05, 4.69) is 5.32 Å². The van der Waals surface area contributed by atoms with Crippen LogP contribution in [-0.4, -0.2) is 25.0 Å². The van der Waals surface area contributed by atoms with Gasteiger partial charge >= 0.3 is 5.97 Å². The second-order valence-corrected chi connectivity index (χ2v) is 2.57. The smallest absolute Gasteiger partial charge is 0.332 e. The number of esters is 1. The summed E-state index contributed by atoms with van der Waals surface area (Å²) >= 11 is 5.44. The Morgan fingerprint density at radius 1 is 1.67 bits per heavy atom. The molecule has 0 saturated heterocycles. The van der Waals surface area contributed by atoms with Gasteiger partial charge in [0.1, 0.15) is 0 Å². The number of halogens is 1. The van der Waals surface area contributed by atoms with Crippen molar-refractivity contribution in [1.82, 2.24) is 5.32 Å². The first-order valence-electron chi connectivity index (χ1n) is 3.85. The largest absolute Gasteiger partial charge is 0.463 e. The van der Waals surface area contributed by atoms with Crippen LogP contribution in [0.5, 0.6) is 0 Å². The first kappa shape index (κ1) is 11.3. The Labute approximate surface area is 77.7 Å². The van der Waals surface area contributed by atoms with Crippen molar-refractivity contribution in [3.05, 3.63) is 11.8 Å². The summed E-state index contributed by atoms with van der Waals surface area (Å²) in [5.41, 5.74) is 0.772. The van der Waals surface area contributed by atoms with Crippen molar-refractivity contribution < 1.29 is 9.53 Å². The van der Waals surface area contributed by atoms with E-state index in [1.165, 1.54) is 6.08 Å². The number of hydrogen-bond donors (Lipinski definition) is 1. The van der Waals surface area contributed by atoms with Crippen LogP contribution in [0.3, 0.4) is 0 Å². The predicted octanol–water partition coefficient (Wildman–Crippen LogP) is 1.28. The normalized spacial score (nSPS) is 11.1. The molecule has 0 aliphatic heterocycles. The Kier molecular flexibility index (Phi) is 6.57. The van der Waals surface area contributed by atoms with E-state index in [1.807, 2.05) is 0 Å². The molecule has 4 heteroatoms. The summed E-state index contributed by atoms with van der Waals surface area (Å²) in [7, 11) is 0. The number of nitrogens with one attached hydrogen (secondary N) is 1. The maximum Gasteiger partial charge on any atom is 0.332 e. The third-order valence-corrected chi connectivity index (χ3v) is 1.31. The van der Waals surface area contributed by atoms with Crippen LogP contribution in [0.25, 0.3) is 0 Å². The highest BCUT2D eigenvalue weighted by molar-refractivity contribution is 6.18. The first-order chi connectivity index (χ1) is 5.70. The highest BCUT2D eigenvalue weighted by Crippen LogP contribution is 1.89. The third-order valence-electron chi connectivity index (χ3n) is 1.12. The van der Waals surface area contributed by atoms with Crippen LogP contribution in [0.15, 0.2) is 11.8 Å². The monoisotopic (exact) mass is 191 g/mol. The summed E-state index contributed by atoms with van der Waals surface area (Å²) in [6.45, 7) is 4.62. The van der Waals surface area contributed by atoms with Gasteiger partial charge in [-0.05, 0) is 13.8 Å². The molecule has 0 amide bonds. The molecule has 70 valence electrons.